The highest BCUT2D eigenvalue weighted by Gasteiger charge is 2.30. The third-order valence-corrected chi connectivity index (χ3v) is 3.26. The largest absolute Gasteiger partial charge is 0.497 e. The molecule has 1 aromatic rings. The minimum atomic E-state index is -0.739. The Kier molecular flexibility index (Phi) is 5.21. The topological polar surface area (TPSA) is 64.3 Å². The molecule has 0 fully saturated rings. The van der Waals surface area contributed by atoms with Crippen molar-refractivity contribution in [1.82, 2.24) is 0 Å². The standard InChI is InChI=1S/C15H24N2O2/c1-11(2)8-9-15(3,14(16)18)17-12-6-5-7-13(10-12)19-4/h5-7,10-11,17H,8-9H2,1-4H3,(H2,16,18). The van der Waals surface area contributed by atoms with Crippen LogP contribution >= 0.6 is 0 Å². The quantitative estimate of drug-likeness (QED) is 0.796. The van der Waals surface area contributed by atoms with E-state index >= 15 is 0 Å². The van der Waals surface area contributed by atoms with Crippen LogP contribution in [0.25, 0.3) is 0 Å². The molecular weight excluding hydrogens is 240 g/mol. The minimum absolute atomic E-state index is 0.337. The molecule has 1 amide bonds. The molecule has 1 rings (SSSR count). The molecular formula is C15H24N2O2. The Balaban J connectivity index is 2.85. The number of carbonyl (C=O) groups is 1. The minimum Gasteiger partial charge on any atom is -0.497 e. The first-order valence-electron chi connectivity index (χ1n) is 6.59. The first-order valence-corrected chi connectivity index (χ1v) is 6.59. The Hall–Kier alpha value is -1.71. The number of rotatable bonds is 7. The molecule has 0 aliphatic rings. The van der Waals surface area contributed by atoms with Crippen molar-refractivity contribution >= 4 is 11.6 Å². The van der Waals surface area contributed by atoms with Gasteiger partial charge in [0.25, 0.3) is 0 Å². The molecule has 0 saturated heterocycles. The molecule has 1 unspecified atom stereocenters. The lowest BCUT2D eigenvalue weighted by molar-refractivity contribution is -0.122. The zero-order chi connectivity index (χ0) is 14.5. The van der Waals surface area contributed by atoms with E-state index in [1.165, 1.54) is 0 Å². The van der Waals surface area contributed by atoms with Crippen molar-refractivity contribution in [2.45, 2.75) is 39.2 Å². The molecule has 19 heavy (non-hydrogen) atoms. The summed E-state index contributed by atoms with van der Waals surface area (Å²) in [5.74, 6) is 0.947. The zero-order valence-electron chi connectivity index (χ0n) is 12.2. The van der Waals surface area contributed by atoms with Gasteiger partial charge >= 0.3 is 0 Å². The predicted octanol–water partition coefficient (Wildman–Crippen LogP) is 2.79. The van der Waals surface area contributed by atoms with Crippen LogP contribution in [-0.4, -0.2) is 18.6 Å². The lowest BCUT2D eigenvalue weighted by Gasteiger charge is -2.29. The van der Waals surface area contributed by atoms with Crippen LogP contribution in [0.4, 0.5) is 5.69 Å². The van der Waals surface area contributed by atoms with Gasteiger partial charge in [0.2, 0.25) is 5.91 Å². The third kappa shape index (κ3) is 4.47. The highest BCUT2D eigenvalue weighted by atomic mass is 16.5. The monoisotopic (exact) mass is 264 g/mol. The molecule has 3 N–H and O–H groups in total. The highest BCUT2D eigenvalue weighted by Crippen LogP contribution is 2.24. The number of methoxy groups -OCH3 is 1. The number of nitrogens with two attached hydrogens (primary N) is 1. The van der Waals surface area contributed by atoms with Gasteiger partial charge in [-0.25, -0.2) is 0 Å². The summed E-state index contributed by atoms with van der Waals surface area (Å²) in [7, 11) is 1.62. The summed E-state index contributed by atoms with van der Waals surface area (Å²) in [6.45, 7) is 6.11. The van der Waals surface area contributed by atoms with Crippen molar-refractivity contribution in [2.24, 2.45) is 11.7 Å². The molecule has 0 bridgehead atoms. The zero-order valence-corrected chi connectivity index (χ0v) is 12.2. The van der Waals surface area contributed by atoms with Gasteiger partial charge in [0, 0.05) is 11.8 Å². The van der Waals surface area contributed by atoms with Crippen molar-refractivity contribution < 1.29 is 9.53 Å². The molecule has 0 aliphatic heterocycles. The summed E-state index contributed by atoms with van der Waals surface area (Å²) in [5.41, 5.74) is 5.64. The average molecular weight is 264 g/mol. The molecule has 106 valence electrons. The summed E-state index contributed by atoms with van der Waals surface area (Å²) in [6, 6.07) is 7.50. The van der Waals surface area contributed by atoms with Crippen molar-refractivity contribution in [2.75, 3.05) is 12.4 Å². The van der Waals surface area contributed by atoms with E-state index in [0.717, 1.165) is 17.9 Å². The van der Waals surface area contributed by atoms with E-state index in [2.05, 4.69) is 19.2 Å². The van der Waals surface area contributed by atoms with E-state index in [4.69, 9.17) is 10.5 Å². The number of nitrogens with one attached hydrogen (secondary N) is 1. The molecule has 0 aromatic heterocycles. The van der Waals surface area contributed by atoms with Crippen molar-refractivity contribution in [3.8, 4) is 5.75 Å². The van der Waals surface area contributed by atoms with Crippen LogP contribution in [-0.2, 0) is 4.79 Å². The molecule has 1 atom stereocenters. The number of benzene rings is 1. The molecule has 4 nitrogen and oxygen atoms in total. The average Bonchev–Trinajstić information content (AvgIpc) is 2.36. The second-order valence-corrected chi connectivity index (χ2v) is 5.49. The van der Waals surface area contributed by atoms with Gasteiger partial charge in [-0.05, 0) is 37.8 Å². The van der Waals surface area contributed by atoms with Gasteiger partial charge < -0.3 is 15.8 Å². The lowest BCUT2D eigenvalue weighted by atomic mass is 9.91. The molecule has 0 spiro atoms. The van der Waals surface area contributed by atoms with Gasteiger partial charge in [-0.15, -0.1) is 0 Å². The second-order valence-electron chi connectivity index (χ2n) is 5.49. The van der Waals surface area contributed by atoms with Gasteiger partial charge in [0.05, 0.1) is 7.11 Å². The Morgan fingerprint density at radius 2 is 2.16 bits per heavy atom. The van der Waals surface area contributed by atoms with E-state index in [1.807, 2.05) is 31.2 Å². The molecule has 0 aliphatic carbocycles. The summed E-state index contributed by atoms with van der Waals surface area (Å²) in [4.78, 5) is 11.7. The van der Waals surface area contributed by atoms with Gasteiger partial charge in [0.1, 0.15) is 11.3 Å². The number of hydrogen-bond acceptors (Lipinski definition) is 3. The van der Waals surface area contributed by atoms with Gasteiger partial charge in [-0.1, -0.05) is 19.9 Å². The fraction of sp³-hybridized carbons (Fsp3) is 0.533. The number of hydrogen-bond donors (Lipinski definition) is 2. The van der Waals surface area contributed by atoms with E-state index < -0.39 is 5.54 Å². The summed E-state index contributed by atoms with van der Waals surface area (Å²) in [5, 5.41) is 3.23. The maximum absolute atomic E-state index is 11.7. The number of ether oxygens (including phenoxy) is 1. The van der Waals surface area contributed by atoms with E-state index in [1.54, 1.807) is 7.11 Å². The summed E-state index contributed by atoms with van der Waals surface area (Å²) in [6.07, 6.45) is 1.65. The van der Waals surface area contributed by atoms with Crippen LogP contribution in [0, 0.1) is 5.92 Å². The summed E-state index contributed by atoms with van der Waals surface area (Å²) >= 11 is 0. The molecule has 0 radical (unpaired) electrons. The number of anilines is 1. The molecule has 1 aromatic carbocycles. The Bertz CT molecular complexity index is 432. The highest BCUT2D eigenvalue weighted by molar-refractivity contribution is 5.87. The number of amides is 1. The van der Waals surface area contributed by atoms with Gasteiger partial charge in [-0.2, -0.15) is 0 Å². The SMILES string of the molecule is COc1cccc(NC(C)(CCC(C)C)C(N)=O)c1. The Labute approximate surface area is 115 Å². The van der Waals surface area contributed by atoms with Crippen molar-refractivity contribution in [3.63, 3.8) is 0 Å². The Morgan fingerprint density at radius 3 is 2.68 bits per heavy atom. The van der Waals surface area contributed by atoms with Crippen LogP contribution in [0.2, 0.25) is 0 Å². The molecule has 0 saturated carbocycles. The van der Waals surface area contributed by atoms with Crippen LogP contribution < -0.4 is 15.8 Å². The second kappa shape index (κ2) is 6.45. The van der Waals surface area contributed by atoms with Crippen LogP contribution in [0.5, 0.6) is 5.75 Å². The first kappa shape index (κ1) is 15.3. The smallest absolute Gasteiger partial charge is 0.242 e. The van der Waals surface area contributed by atoms with Crippen LogP contribution in [0.3, 0.4) is 0 Å². The number of primary amides is 1. The van der Waals surface area contributed by atoms with Gasteiger partial charge in [-0.3, -0.25) is 4.79 Å². The Morgan fingerprint density at radius 1 is 1.47 bits per heavy atom. The van der Waals surface area contributed by atoms with Crippen molar-refractivity contribution in [3.05, 3.63) is 24.3 Å². The lowest BCUT2D eigenvalue weighted by Crippen LogP contribution is -2.48. The predicted molar refractivity (Wildman–Crippen MR) is 78.3 cm³/mol. The van der Waals surface area contributed by atoms with Crippen LogP contribution in [0.1, 0.15) is 33.6 Å². The maximum atomic E-state index is 11.7. The third-order valence-electron chi connectivity index (χ3n) is 3.26. The van der Waals surface area contributed by atoms with E-state index in [9.17, 15) is 4.79 Å². The van der Waals surface area contributed by atoms with E-state index in [0.29, 0.717) is 12.3 Å². The molecule has 0 heterocycles. The fourth-order valence-electron chi connectivity index (χ4n) is 1.84. The van der Waals surface area contributed by atoms with Gasteiger partial charge in [0.15, 0.2) is 0 Å². The first-order chi connectivity index (χ1) is 8.87. The fourth-order valence-corrected chi connectivity index (χ4v) is 1.84. The summed E-state index contributed by atoms with van der Waals surface area (Å²) < 4.78 is 5.17. The van der Waals surface area contributed by atoms with E-state index in [-0.39, 0.29) is 5.91 Å². The van der Waals surface area contributed by atoms with Crippen molar-refractivity contribution in [1.29, 1.82) is 0 Å². The maximum Gasteiger partial charge on any atom is 0.242 e. The number of carbonyl (C=O) groups excluding carboxylic acids is 1. The van der Waals surface area contributed by atoms with Crippen LogP contribution in [0.15, 0.2) is 24.3 Å². The normalized spacial score (nSPS) is 13.9. The molecule has 4 heteroatoms.